The van der Waals surface area contributed by atoms with Crippen LogP contribution in [0.3, 0.4) is 0 Å². The molecular formula is C42H50N8O8. The normalized spacial score (nSPS) is 19.1. The SMILES string of the molecule is COOC=NC(C(=O)N1CCC[C@H]1c1nc2ccc(-c3ccc4cc(-c5cnc([C@@H]6CCCN6C(=O)[C@@H](NC(=O)OC)[C@@H](C)OC)[nH]5)ccc4c3)cc2[nH]1)[C@@H](C)OC. The lowest BCUT2D eigenvalue weighted by Crippen LogP contribution is -2.54. The highest BCUT2D eigenvalue weighted by Gasteiger charge is 2.39. The van der Waals surface area contributed by atoms with E-state index in [1.165, 1.54) is 21.3 Å². The van der Waals surface area contributed by atoms with Crippen molar-refractivity contribution in [2.45, 2.75) is 75.9 Å². The maximum absolute atomic E-state index is 13.7. The lowest BCUT2D eigenvalue weighted by Gasteiger charge is -2.30. The minimum Gasteiger partial charge on any atom is -0.453 e. The summed E-state index contributed by atoms with van der Waals surface area (Å²) in [6, 6.07) is 16.6. The lowest BCUT2D eigenvalue weighted by molar-refractivity contribution is -0.188. The molecule has 5 aromatic rings. The van der Waals surface area contributed by atoms with Crippen molar-refractivity contribution in [2.24, 2.45) is 4.99 Å². The minimum atomic E-state index is -0.899. The summed E-state index contributed by atoms with van der Waals surface area (Å²) in [5, 5.41) is 4.77. The van der Waals surface area contributed by atoms with Crippen LogP contribution in [0.25, 0.3) is 44.2 Å². The molecule has 2 saturated heterocycles. The summed E-state index contributed by atoms with van der Waals surface area (Å²) in [5.74, 6) is 1.02. The Hall–Kier alpha value is -5.84. The summed E-state index contributed by atoms with van der Waals surface area (Å²) in [6.07, 6.45) is 4.38. The molecule has 306 valence electrons. The predicted octanol–water partition coefficient (Wildman–Crippen LogP) is 5.87. The molecular weight excluding hydrogens is 745 g/mol. The predicted molar refractivity (Wildman–Crippen MR) is 217 cm³/mol. The number of H-pyrrole nitrogens is 2. The van der Waals surface area contributed by atoms with Crippen LogP contribution in [0.2, 0.25) is 0 Å². The van der Waals surface area contributed by atoms with Crippen LogP contribution in [0.15, 0.2) is 65.8 Å². The molecule has 0 saturated carbocycles. The molecule has 6 atom stereocenters. The molecule has 16 heteroatoms. The average Bonchev–Trinajstić information content (AvgIpc) is 4.09. The molecule has 1 unspecified atom stereocenters. The fraction of sp³-hybridized carbons (Fsp3) is 0.429. The van der Waals surface area contributed by atoms with Gasteiger partial charge in [-0.05, 0) is 85.7 Å². The molecule has 58 heavy (non-hydrogen) atoms. The quantitative estimate of drug-likeness (QED) is 0.0532. The van der Waals surface area contributed by atoms with Crippen molar-refractivity contribution in [1.82, 2.24) is 35.1 Å². The lowest BCUT2D eigenvalue weighted by atomic mass is 9.99. The summed E-state index contributed by atoms with van der Waals surface area (Å²) in [6.45, 7) is 4.67. The first kappa shape index (κ1) is 40.4. The van der Waals surface area contributed by atoms with Gasteiger partial charge in [0.15, 0.2) is 6.04 Å². The zero-order valence-corrected chi connectivity index (χ0v) is 33.6. The number of fused-ring (bicyclic) bond motifs is 2. The number of likely N-dealkylation sites (tertiary alicyclic amines) is 2. The number of nitrogens with zero attached hydrogens (tertiary/aromatic N) is 5. The van der Waals surface area contributed by atoms with E-state index in [0.717, 1.165) is 82.1 Å². The zero-order valence-electron chi connectivity index (χ0n) is 33.6. The van der Waals surface area contributed by atoms with Crippen LogP contribution < -0.4 is 5.32 Å². The summed E-state index contributed by atoms with van der Waals surface area (Å²) >= 11 is 0. The monoisotopic (exact) mass is 794 g/mol. The van der Waals surface area contributed by atoms with E-state index in [0.29, 0.717) is 18.9 Å². The Morgan fingerprint density at radius 3 is 2.14 bits per heavy atom. The molecule has 2 aliphatic heterocycles. The molecule has 0 spiro atoms. The maximum atomic E-state index is 13.7. The van der Waals surface area contributed by atoms with Crippen molar-refractivity contribution in [3.05, 3.63) is 72.4 Å². The zero-order chi connectivity index (χ0) is 40.9. The number of aliphatic imine (C=N–C) groups is 1. The molecule has 2 aliphatic rings. The number of aromatic nitrogens is 4. The summed E-state index contributed by atoms with van der Waals surface area (Å²) < 4.78 is 15.6. The minimum absolute atomic E-state index is 0.161. The van der Waals surface area contributed by atoms with Crippen LogP contribution >= 0.6 is 0 Å². The number of carbonyl (C=O) groups is 3. The Morgan fingerprint density at radius 1 is 0.810 bits per heavy atom. The number of rotatable bonds is 14. The van der Waals surface area contributed by atoms with Crippen molar-refractivity contribution in [2.75, 3.05) is 41.5 Å². The molecule has 3 aromatic carbocycles. The topological polar surface area (TPSA) is 186 Å². The van der Waals surface area contributed by atoms with Crippen LogP contribution in [0, 0.1) is 0 Å². The average molecular weight is 795 g/mol. The van der Waals surface area contributed by atoms with Gasteiger partial charge in [0.25, 0.3) is 5.91 Å². The third kappa shape index (κ3) is 8.26. The van der Waals surface area contributed by atoms with Gasteiger partial charge in [-0.25, -0.2) is 19.8 Å². The number of alkyl carbamates (subject to hydrolysis) is 1. The second-order valence-electron chi connectivity index (χ2n) is 14.6. The van der Waals surface area contributed by atoms with Gasteiger partial charge in [-0.2, -0.15) is 4.89 Å². The van der Waals surface area contributed by atoms with E-state index < -0.39 is 30.4 Å². The summed E-state index contributed by atoms with van der Waals surface area (Å²) in [4.78, 5) is 73.3. The van der Waals surface area contributed by atoms with Crippen molar-refractivity contribution < 1.29 is 38.4 Å². The number of benzene rings is 3. The molecule has 0 aliphatic carbocycles. The van der Waals surface area contributed by atoms with E-state index in [1.807, 2.05) is 11.0 Å². The highest BCUT2D eigenvalue weighted by atomic mass is 17.2. The molecule has 0 radical (unpaired) electrons. The van der Waals surface area contributed by atoms with Crippen LogP contribution in [-0.2, 0) is 33.6 Å². The number of hydrogen-bond acceptors (Lipinski definition) is 11. The molecule has 3 N–H and O–H groups in total. The van der Waals surface area contributed by atoms with Crippen molar-refractivity contribution >= 4 is 46.1 Å². The second kappa shape index (κ2) is 17.7. The number of imidazole rings is 2. The van der Waals surface area contributed by atoms with Gasteiger partial charge in [-0.3, -0.25) is 9.59 Å². The third-order valence-electron chi connectivity index (χ3n) is 11.3. The van der Waals surface area contributed by atoms with Crippen molar-refractivity contribution in [3.8, 4) is 22.4 Å². The number of amides is 3. The van der Waals surface area contributed by atoms with Crippen LogP contribution in [-0.4, -0.2) is 120 Å². The Morgan fingerprint density at radius 2 is 1.45 bits per heavy atom. The van der Waals surface area contributed by atoms with E-state index in [9.17, 15) is 14.4 Å². The van der Waals surface area contributed by atoms with E-state index in [1.54, 1.807) is 32.1 Å². The van der Waals surface area contributed by atoms with Gasteiger partial charge in [-0.1, -0.05) is 30.3 Å². The molecule has 2 aromatic heterocycles. The van der Waals surface area contributed by atoms with Gasteiger partial charge < -0.3 is 44.2 Å². The first-order valence-corrected chi connectivity index (χ1v) is 19.4. The third-order valence-corrected chi connectivity index (χ3v) is 11.3. The van der Waals surface area contributed by atoms with E-state index >= 15 is 0 Å². The number of aromatic amines is 2. The number of hydrogen-bond donors (Lipinski definition) is 3. The standard InChI is InChI=1S/C42H50N8O8/c1-24(54-3)36(44-23-58-57-6)40(51)50-18-8-10-35(50)39-45-31-16-15-29(21-32(31)46-39)27-11-12-28-20-30(14-13-26(28)19-27)33-22-43-38(47-33)34-9-7-17-49(34)41(52)37(25(2)55-4)48-42(53)56-5/h11-16,19-25,34-37H,7-10,17-18H2,1-6H3,(H,43,47)(H,45,46)(H,48,53)/t24-,25-,34+,35+,36?,37+/m1/s1. The first-order chi connectivity index (χ1) is 28.1. The van der Waals surface area contributed by atoms with Gasteiger partial charge in [-0.15, -0.1) is 0 Å². The highest BCUT2D eigenvalue weighted by Crippen LogP contribution is 2.36. The Kier molecular flexibility index (Phi) is 12.4. The summed E-state index contributed by atoms with van der Waals surface area (Å²) in [7, 11) is 5.68. The Bertz CT molecular complexity index is 2290. The van der Waals surface area contributed by atoms with Gasteiger partial charge in [0, 0.05) is 32.9 Å². The van der Waals surface area contributed by atoms with E-state index in [-0.39, 0.29) is 23.9 Å². The molecule has 0 bridgehead atoms. The van der Waals surface area contributed by atoms with Crippen LogP contribution in [0.4, 0.5) is 4.79 Å². The second-order valence-corrected chi connectivity index (χ2v) is 14.6. The number of carbonyl (C=O) groups excluding carboxylic acids is 3. The van der Waals surface area contributed by atoms with Crippen molar-refractivity contribution in [3.63, 3.8) is 0 Å². The number of methoxy groups -OCH3 is 3. The first-order valence-electron chi connectivity index (χ1n) is 19.4. The molecule has 7 rings (SSSR count). The molecule has 16 nitrogen and oxygen atoms in total. The molecule has 2 fully saturated rings. The van der Waals surface area contributed by atoms with E-state index in [4.69, 9.17) is 29.1 Å². The number of ether oxygens (including phenoxy) is 3. The fourth-order valence-electron chi connectivity index (χ4n) is 7.94. The van der Waals surface area contributed by atoms with E-state index in [2.05, 4.69) is 73.7 Å². The summed E-state index contributed by atoms with van der Waals surface area (Å²) in [5.41, 5.74) is 5.61. The maximum Gasteiger partial charge on any atom is 0.407 e. The van der Waals surface area contributed by atoms with Gasteiger partial charge in [0.05, 0.1) is 61.4 Å². The Balaban J connectivity index is 1.07. The fourth-order valence-corrected chi connectivity index (χ4v) is 7.94. The largest absolute Gasteiger partial charge is 0.453 e. The van der Waals surface area contributed by atoms with Gasteiger partial charge in [0.2, 0.25) is 12.3 Å². The van der Waals surface area contributed by atoms with Crippen LogP contribution in [0.1, 0.15) is 63.3 Å². The van der Waals surface area contributed by atoms with Crippen LogP contribution in [0.5, 0.6) is 0 Å². The Labute approximate surface area is 336 Å². The van der Waals surface area contributed by atoms with Gasteiger partial charge >= 0.3 is 6.09 Å². The smallest absolute Gasteiger partial charge is 0.407 e. The highest BCUT2D eigenvalue weighted by molar-refractivity contribution is 5.92. The molecule has 3 amide bonds. The molecule has 4 heterocycles. The van der Waals surface area contributed by atoms with Crippen molar-refractivity contribution in [1.29, 1.82) is 0 Å². The van der Waals surface area contributed by atoms with Gasteiger partial charge in [0.1, 0.15) is 17.7 Å². The number of nitrogens with one attached hydrogen (secondary N) is 3.